The van der Waals surface area contributed by atoms with E-state index in [0.29, 0.717) is 0 Å². The van der Waals surface area contributed by atoms with Gasteiger partial charge in [-0.1, -0.05) is 0 Å². The molecular formula is C20H27FN11O11P2+. The lowest BCUT2D eigenvalue weighted by Gasteiger charge is -2.28. The van der Waals surface area contributed by atoms with Gasteiger partial charge < -0.3 is 41.8 Å². The van der Waals surface area contributed by atoms with Crippen molar-refractivity contribution in [2.24, 2.45) is 0 Å². The second kappa shape index (κ2) is 13.0. The quantitative estimate of drug-likeness (QED) is 0.0660. The Balaban J connectivity index is 1.42. The van der Waals surface area contributed by atoms with Gasteiger partial charge >= 0.3 is 15.9 Å². The average molecular weight is 678 g/mol. The monoisotopic (exact) mass is 678 g/mol. The normalized spacial score (nSPS) is 24.1. The molecule has 1 saturated heterocycles. The lowest BCUT2D eigenvalue weighted by Crippen LogP contribution is -2.36. The molecule has 1 fully saturated rings. The maximum atomic E-state index is 14.9. The first kappa shape index (κ1) is 32.8. The molecule has 22 nitrogen and oxygen atoms in total. The summed E-state index contributed by atoms with van der Waals surface area (Å²) in [6.07, 6.45) is -7.53. The number of ether oxygens (including phenoxy) is 3. The van der Waals surface area contributed by atoms with E-state index in [9.17, 15) is 33.5 Å². The van der Waals surface area contributed by atoms with Gasteiger partial charge in [0.25, 0.3) is 12.8 Å². The number of hydrogen-bond donors (Lipinski definition) is 7. The van der Waals surface area contributed by atoms with Crippen molar-refractivity contribution in [3.63, 3.8) is 0 Å². The summed E-state index contributed by atoms with van der Waals surface area (Å²) >= 11 is 0. The van der Waals surface area contributed by atoms with E-state index < -0.39 is 72.2 Å². The molecule has 1 aliphatic heterocycles. The summed E-state index contributed by atoms with van der Waals surface area (Å²) in [4.78, 5) is 43.7. The number of imidazole rings is 2. The van der Waals surface area contributed by atoms with Crippen LogP contribution in [0.15, 0.2) is 19.0 Å². The standard InChI is InChI=1S/C20H26FN11O11P2/c1-7(21)17(32-5-28-10-14(23)29-19(24)30-16(10)32)41-20(39-6-44(35)36)43-45(37,38)42-12-11(34)8(2-33)40-18(12)31-4-27-9-13(22)25-3-26-15(9)31/h3-5,7-8,11-12,17-18,20,33-34H,2,6H2,1H3,(H7-,22,23,24,25,26,29,30,35,36,37,38)/p+1/t7?,8-,11?,12?,17-,18-,20?/m1/s1. The number of aliphatic hydroxyl groups is 2. The van der Waals surface area contributed by atoms with Gasteiger partial charge in [-0.2, -0.15) is 14.9 Å². The minimum absolute atomic E-state index is 0.00291. The highest BCUT2D eigenvalue weighted by Gasteiger charge is 2.50. The maximum absolute atomic E-state index is 14.9. The first-order valence-corrected chi connectivity index (χ1v) is 15.6. The Morgan fingerprint density at radius 3 is 2.53 bits per heavy atom. The van der Waals surface area contributed by atoms with Crippen LogP contribution in [0.1, 0.15) is 19.4 Å². The molecule has 0 amide bonds. The van der Waals surface area contributed by atoms with Crippen molar-refractivity contribution in [1.82, 2.24) is 39.0 Å². The van der Waals surface area contributed by atoms with E-state index >= 15 is 0 Å². The number of fused-ring (bicyclic) bond motifs is 2. The van der Waals surface area contributed by atoms with Gasteiger partial charge in [0, 0.05) is 0 Å². The zero-order valence-electron chi connectivity index (χ0n) is 22.9. The van der Waals surface area contributed by atoms with Crippen LogP contribution in [0.3, 0.4) is 0 Å². The van der Waals surface area contributed by atoms with Gasteiger partial charge in [0.2, 0.25) is 5.95 Å². The van der Waals surface area contributed by atoms with Crippen molar-refractivity contribution in [3.8, 4) is 0 Å². The van der Waals surface area contributed by atoms with Crippen LogP contribution in [0.5, 0.6) is 0 Å². The Labute approximate surface area is 251 Å². The number of phosphoric acid groups is 1. The van der Waals surface area contributed by atoms with Crippen molar-refractivity contribution >= 4 is 55.8 Å². The van der Waals surface area contributed by atoms with E-state index in [2.05, 4.69) is 29.9 Å². The van der Waals surface area contributed by atoms with Crippen LogP contribution in [-0.2, 0) is 32.4 Å². The SMILES string of the molecule is CC(F)[C@@H](OC(OC[P+](=O)O)OP(=O)(O)OC1C(O)[C@@H](CO)O[C@H]1n1cnc2c(N)ncnc21)n1cnc2c(N)nc(N)nc21. The lowest BCUT2D eigenvalue weighted by molar-refractivity contribution is -0.288. The highest BCUT2D eigenvalue weighted by Crippen LogP contribution is 2.51. The van der Waals surface area contributed by atoms with Crippen LogP contribution in [0.25, 0.3) is 22.3 Å². The molecule has 4 aromatic rings. The third-order valence-corrected chi connectivity index (χ3v) is 7.65. The number of nitrogens with two attached hydrogens (primary N) is 3. The predicted molar refractivity (Wildman–Crippen MR) is 147 cm³/mol. The van der Waals surface area contributed by atoms with E-state index in [1.54, 1.807) is 0 Å². The number of aromatic nitrogens is 8. The molecule has 5 rings (SSSR count). The minimum Gasteiger partial charge on any atom is -0.394 e. The molecule has 0 aliphatic carbocycles. The van der Waals surface area contributed by atoms with Crippen LogP contribution < -0.4 is 17.2 Å². The third kappa shape index (κ3) is 6.83. The maximum Gasteiger partial charge on any atom is 0.534 e. The van der Waals surface area contributed by atoms with E-state index in [1.807, 2.05) is 0 Å². The summed E-state index contributed by atoms with van der Waals surface area (Å²) < 4.78 is 68.2. The van der Waals surface area contributed by atoms with Gasteiger partial charge in [-0.15, -0.1) is 0 Å². The van der Waals surface area contributed by atoms with E-state index in [0.717, 1.165) is 24.1 Å². The smallest absolute Gasteiger partial charge is 0.394 e. The molecule has 10 N–H and O–H groups in total. The largest absolute Gasteiger partial charge is 0.534 e. The van der Waals surface area contributed by atoms with Crippen LogP contribution in [0.2, 0.25) is 0 Å². The summed E-state index contributed by atoms with van der Waals surface area (Å²) in [6.45, 7) is -2.04. The number of aliphatic hydroxyl groups excluding tert-OH is 2. The van der Waals surface area contributed by atoms with Crippen molar-refractivity contribution in [2.75, 3.05) is 30.2 Å². The molecule has 6 unspecified atom stereocenters. The molecule has 25 heteroatoms. The van der Waals surface area contributed by atoms with E-state index in [-0.39, 0.29) is 39.9 Å². The topological polar surface area (TPSA) is 326 Å². The highest BCUT2D eigenvalue weighted by molar-refractivity contribution is 7.47. The number of hydrogen-bond acceptors (Lipinski definition) is 18. The molecule has 0 spiro atoms. The Kier molecular flexibility index (Phi) is 9.49. The first-order valence-electron chi connectivity index (χ1n) is 12.7. The van der Waals surface area contributed by atoms with Crippen LogP contribution in [0.4, 0.5) is 22.0 Å². The fourth-order valence-corrected chi connectivity index (χ4v) is 5.58. The zero-order valence-corrected chi connectivity index (χ0v) is 24.7. The highest BCUT2D eigenvalue weighted by atomic mass is 31.2. The molecule has 4 aromatic heterocycles. The number of alkyl halides is 1. The lowest BCUT2D eigenvalue weighted by atomic mass is 10.1. The van der Waals surface area contributed by atoms with E-state index in [4.69, 9.17) is 40.5 Å². The molecule has 5 heterocycles. The molecule has 0 aromatic carbocycles. The minimum atomic E-state index is -5.42. The summed E-state index contributed by atoms with van der Waals surface area (Å²) in [5, 5.41) is 20.5. The van der Waals surface area contributed by atoms with E-state index in [1.165, 1.54) is 10.9 Å². The molecule has 1 aliphatic rings. The molecule has 0 saturated carbocycles. The number of rotatable bonds is 13. The van der Waals surface area contributed by atoms with Crippen LogP contribution in [0, 0.1) is 0 Å². The van der Waals surface area contributed by atoms with Gasteiger partial charge in [-0.25, -0.2) is 33.4 Å². The molecule has 0 radical (unpaired) electrons. The fraction of sp³-hybridized carbons (Fsp3) is 0.500. The van der Waals surface area contributed by atoms with Gasteiger partial charge in [0.05, 0.1) is 19.3 Å². The van der Waals surface area contributed by atoms with Gasteiger partial charge in [-0.3, -0.25) is 18.4 Å². The summed E-state index contributed by atoms with van der Waals surface area (Å²) in [7, 11) is -8.43. The summed E-state index contributed by atoms with van der Waals surface area (Å²) in [5.41, 5.74) is 17.4. The second-order valence-electron chi connectivity index (χ2n) is 9.40. The number of nitrogens with zero attached hydrogens (tertiary/aromatic N) is 8. The van der Waals surface area contributed by atoms with Crippen molar-refractivity contribution in [1.29, 1.82) is 0 Å². The van der Waals surface area contributed by atoms with Crippen molar-refractivity contribution < 1.29 is 56.8 Å². The summed E-state index contributed by atoms with van der Waals surface area (Å²) in [5.74, 6) is -0.415. The summed E-state index contributed by atoms with van der Waals surface area (Å²) in [6, 6.07) is 0. The molecular weight excluding hydrogens is 651 g/mol. The molecule has 45 heavy (non-hydrogen) atoms. The van der Waals surface area contributed by atoms with Gasteiger partial charge in [0.15, 0.2) is 35.4 Å². The Morgan fingerprint density at radius 2 is 1.84 bits per heavy atom. The van der Waals surface area contributed by atoms with Crippen molar-refractivity contribution in [3.05, 3.63) is 19.0 Å². The van der Waals surface area contributed by atoms with Crippen LogP contribution in [-0.4, -0.2) is 103 Å². The van der Waals surface area contributed by atoms with Gasteiger partial charge in [-0.05, 0) is 11.5 Å². The Morgan fingerprint density at radius 1 is 1.13 bits per heavy atom. The first-order chi connectivity index (χ1) is 21.3. The Bertz CT molecular complexity index is 1750. The molecule has 9 atom stereocenters. The Hall–Kier alpha value is -3.60. The van der Waals surface area contributed by atoms with Crippen molar-refractivity contribution in [2.45, 2.75) is 50.3 Å². The van der Waals surface area contributed by atoms with Gasteiger partial charge in [0.1, 0.15) is 41.8 Å². The fourth-order valence-electron chi connectivity index (χ4n) is 4.42. The average Bonchev–Trinajstić information content (AvgIpc) is 3.66. The number of anilines is 3. The zero-order chi connectivity index (χ0) is 32.6. The molecule has 244 valence electrons. The van der Waals surface area contributed by atoms with Crippen LogP contribution >= 0.6 is 15.9 Å². The second-order valence-corrected chi connectivity index (χ2v) is 11.7. The number of nitrogen functional groups attached to an aromatic ring is 3. The number of phosphoric ester groups is 1. The molecule has 0 bridgehead atoms. The third-order valence-electron chi connectivity index (χ3n) is 6.33. The number of halogens is 1. The predicted octanol–water partition coefficient (Wildman–Crippen LogP) is -0.969.